The summed E-state index contributed by atoms with van der Waals surface area (Å²) in [5.74, 6) is 0.594. The number of sulfone groups is 1. The lowest BCUT2D eigenvalue weighted by molar-refractivity contribution is -0.00353. The normalized spacial score (nSPS) is 18.5. The lowest BCUT2D eigenvalue weighted by Gasteiger charge is -2.29. The highest BCUT2D eigenvalue weighted by atomic mass is 32.2. The summed E-state index contributed by atoms with van der Waals surface area (Å²) in [7, 11) is -2.89. The molecular formula is C11H24O3S. The predicted molar refractivity (Wildman–Crippen MR) is 63.6 cm³/mol. The van der Waals surface area contributed by atoms with E-state index in [0.717, 1.165) is 6.42 Å². The van der Waals surface area contributed by atoms with E-state index in [4.69, 9.17) is 0 Å². The molecule has 92 valence electrons. The van der Waals surface area contributed by atoms with Crippen molar-refractivity contribution in [2.24, 2.45) is 5.92 Å². The molecule has 0 aliphatic rings. The first-order valence-electron chi connectivity index (χ1n) is 5.68. The third kappa shape index (κ3) is 5.52. The van der Waals surface area contributed by atoms with Crippen LogP contribution in [0, 0.1) is 5.92 Å². The van der Waals surface area contributed by atoms with Gasteiger partial charge in [0.25, 0.3) is 0 Å². The van der Waals surface area contributed by atoms with Gasteiger partial charge in [0.2, 0.25) is 0 Å². The van der Waals surface area contributed by atoms with Crippen molar-refractivity contribution in [3.63, 3.8) is 0 Å². The molecule has 1 N–H and O–H groups in total. The van der Waals surface area contributed by atoms with Crippen molar-refractivity contribution in [3.05, 3.63) is 0 Å². The summed E-state index contributed by atoms with van der Waals surface area (Å²) < 4.78 is 22.5. The summed E-state index contributed by atoms with van der Waals surface area (Å²) in [5.41, 5.74) is -0.738. The van der Waals surface area contributed by atoms with Gasteiger partial charge in [0, 0.05) is 5.75 Å². The Hall–Kier alpha value is -0.0900. The molecule has 0 fully saturated rings. The maximum Gasteiger partial charge on any atom is 0.150 e. The number of hydrogen-bond donors (Lipinski definition) is 1. The lowest BCUT2D eigenvalue weighted by atomic mass is 9.85. The molecule has 0 radical (unpaired) electrons. The van der Waals surface area contributed by atoms with Crippen LogP contribution in [0.3, 0.4) is 0 Å². The van der Waals surface area contributed by atoms with Gasteiger partial charge >= 0.3 is 0 Å². The van der Waals surface area contributed by atoms with Gasteiger partial charge in [-0.15, -0.1) is 0 Å². The topological polar surface area (TPSA) is 54.4 Å². The van der Waals surface area contributed by atoms with E-state index in [-0.39, 0.29) is 17.4 Å². The van der Waals surface area contributed by atoms with E-state index in [9.17, 15) is 13.5 Å². The van der Waals surface area contributed by atoms with Gasteiger partial charge in [-0.2, -0.15) is 0 Å². The second-order valence-electron chi connectivity index (χ2n) is 4.51. The Morgan fingerprint density at radius 3 is 2.27 bits per heavy atom. The fourth-order valence-electron chi connectivity index (χ4n) is 1.48. The zero-order valence-electron chi connectivity index (χ0n) is 10.3. The first-order chi connectivity index (χ1) is 6.75. The fraction of sp³-hybridized carbons (Fsp3) is 1.00. The van der Waals surface area contributed by atoms with E-state index in [1.54, 1.807) is 13.8 Å². The summed E-state index contributed by atoms with van der Waals surface area (Å²) in [6.07, 6.45) is 2.02. The van der Waals surface area contributed by atoms with Crippen LogP contribution in [0.2, 0.25) is 0 Å². The highest BCUT2D eigenvalue weighted by Gasteiger charge is 2.26. The minimum atomic E-state index is -2.89. The molecule has 3 nitrogen and oxygen atoms in total. The van der Waals surface area contributed by atoms with Gasteiger partial charge in [0.05, 0.1) is 11.4 Å². The van der Waals surface area contributed by atoms with Gasteiger partial charge in [-0.3, -0.25) is 0 Å². The van der Waals surface area contributed by atoms with Crippen molar-refractivity contribution in [1.82, 2.24) is 0 Å². The Kier molecular flexibility index (Phi) is 5.81. The molecular weight excluding hydrogens is 212 g/mol. The zero-order valence-corrected chi connectivity index (χ0v) is 11.1. The molecule has 0 bridgehead atoms. The van der Waals surface area contributed by atoms with Gasteiger partial charge < -0.3 is 5.11 Å². The van der Waals surface area contributed by atoms with Crippen LogP contribution in [-0.4, -0.2) is 30.6 Å². The predicted octanol–water partition coefficient (Wildman–Crippen LogP) is 2.00. The summed E-state index contributed by atoms with van der Waals surface area (Å²) in [5, 5.41) is 10.1. The van der Waals surface area contributed by atoms with Crippen LogP contribution in [0.1, 0.15) is 47.0 Å². The Bertz CT molecular complexity index is 268. The zero-order chi connectivity index (χ0) is 12.1. The van der Waals surface area contributed by atoms with E-state index in [2.05, 4.69) is 0 Å². The molecule has 0 aromatic rings. The fourth-order valence-corrected chi connectivity index (χ4v) is 2.35. The van der Waals surface area contributed by atoms with Crippen LogP contribution >= 0.6 is 0 Å². The highest BCUT2D eigenvalue weighted by molar-refractivity contribution is 7.91. The van der Waals surface area contributed by atoms with Gasteiger partial charge in [-0.25, -0.2) is 8.42 Å². The van der Waals surface area contributed by atoms with Crippen LogP contribution in [0.4, 0.5) is 0 Å². The van der Waals surface area contributed by atoms with Crippen LogP contribution in [0.25, 0.3) is 0 Å². The smallest absolute Gasteiger partial charge is 0.150 e. The summed E-state index contributed by atoms with van der Waals surface area (Å²) in [6.45, 7) is 7.47. The van der Waals surface area contributed by atoms with Crippen molar-refractivity contribution in [3.8, 4) is 0 Å². The summed E-state index contributed by atoms with van der Waals surface area (Å²) in [4.78, 5) is 0. The van der Waals surface area contributed by atoms with Crippen molar-refractivity contribution in [1.29, 1.82) is 0 Å². The summed E-state index contributed by atoms with van der Waals surface area (Å²) >= 11 is 0. The number of hydrogen-bond acceptors (Lipinski definition) is 3. The Balaban J connectivity index is 4.06. The third-order valence-corrected chi connectivity index (χ3v) is 5.04. The van der Waals surface area contributed by atoms with E-state index in [1.807, 2.05) is 13.8 Å². The molecule has 0 saturated carbocycles. The van der Waals surface area contributed by atoms with Crippen molar-refractivity contribution in [2.45, 2.75) is 52.6 Å². The summed E-state index contributed by atoms with van der Waals surface area (Å²) in [6, 6.07) is 0. The quantitative estimate of drug-likeness (QED) is 0.735. The largest absolute Gasteiger partial charge is 0.390 e. The van der Waals surface area contributed by atoms with Gasteiger partial charge in [0.1, 0.15) is 9.84 Å². The lowest BCUT2D eigenvalue weighted by Crippen LogP contribution is -2.33. The standard InChI is InChI=1S/C11H24O3S/c1-5-10(3)11(4,12)8-7-9-15(13,14)6-2/h10,12H,5-9H2,1-4H3. The highest BCUT2D eigenvalue weighted by Crippen LogP contribution is 2.25. The molecule has 0 aliphatic heterocycles. The second kappa shape index (κ2) is 5.85. The van der Waals surface area contributed by atoms with E-state index in [1.165, 1.54) is 0 Å². The average molecular weight is 236 g/mol. The molecule has 15 heavy (non-hydrogen) atoms. The first-order valence-corrected chi connectivity index (χ1v) is 7.50. The number of rotatable bonds is 7. The van der Waals surface area contributed by atoms with E-state index >= 15 is 0 Å². The van der Waals surface area contributed by atoms with Crippen molar-refractivity contribution < 1.29 is 13.5 Å². The first kappa shape index (κ1) is 14.9. The average Bonchev–Trinajstić information content (AvgIpc) is 2.16. The molecule has 2 unspecified atom stereocenters. The van der Waals surface area contributed by atoms with Crippen LogP contribution in [-0.2, 0) is 9.84 Å². The van der Waals surface area contributed by atoms with Gasteiger partial charge in [-0.05, 0) is 25.7 Å². The second-order valence-corrected chi connectivity index (χ2v) is 6.98. The maximum absolute atomic E-state index is 11.2. The van der Waals surface area contributed by atoms with Gasteiger partial charge in [0.15, 0.2) is 0 Å². The molecule has 0 aromatic carbocycles. The Morgan fingerprint density at radius 1 is 1.33 bits per heavy atom. The monoisotopic (exact) mass is 236 g/mol. The third-order valence-electron chi connectivity index (χ3n) is 3.25. The van der Waals surface area contributed by atoms with E-state index < -0.39 is 15.4 Å². The molecule has 4 heteroatoms. The SMILES string of the molecule is CCC(C)C(C)(O)CCCS(=O)(=O)CC. The number of aliphatic hydroxyl groups is 1. The Morgan fingerprint density at radius 2 is 1.87 bits per heavy atom. The molecule has 0 amide bonds. The molecule has 0 spiro atoms. The molecule has 0 rings (SSSR count). The van der Waals surface area contributed by atoms with E-state index in [0.29, 0.717) is 12.8 Å². The van der Waals surface area contributed by atoms with Crippen LogP contribution in [0.5, 0.6) is 0 Å². The maximum atomic E-state index is 11.2. The van der Waals surface area contributed by atoms with Gasteiger partial charge in [-0.1, -0.05) is 27.2 Å². The molecule has 0 aliphatic carbocycles. The minimum absolute atomic E-state index is 0.191. The molecule has 0 saturated heterocycles. The molecule has 2 atom stereocenters. The molecule has 0 aromatic heterocycles. The minimum Gasteiger partial charge on any atom is -0.390 e. The van der Waals surface area contributed by atoms with Crippen LogP contribution < -0.4 is 0 Å². The van der Waals surface area contributed by atoms with Crippen molar-refractivity contribution >= 4 is 9.84 Å². The van der Waals surface area contributed by atoms with Crippen molar-refractivity contribution in [2.75, 3.05) is 11.5 Å². The molecule has 0 heterocycles. The van der Waals surface area contributed by atoms with Crippen LogP contribution in [0.15, 0.2) is 0 Å². The Labute approximate surface area is 93.8 Å².